The first-order valence-corrected chi connectivity index (χ1v) is 10.1. The van der Waals surface area contributed by atoms with Crippen LogP contribution in [0.25, 0.3) is 0 Å². The Morgan fingerprint density at radius 3 is 1.00 bits per heavy atom. The highest BCUT2D eigenvalue weighted by molar-refractivity contribution is 5.41. The second-order valence-corrected chi connectivity index (χ2v) is 7.13. The van der Waals surface area contributed by atoms with E-state index >= 15 is 0 Å². The molecule has 0 aliphatic rings. The van der Waals surface area contributed by atoms with E-state index < -0.39 is 0 Å². The third-order valence-electron chi connectivity index (χ3n) is 4.98. The van der Waals surface area contributed by atoms with Gasteiger partial charge in [-0.25, -0.2) is 0 Å². The molecule has 0 heterocycles. The summed E-state index contributed by atoms with van der Waals surface area (Å²) in [4.78, 5) is 0. The van der Waals surface area contributed by atoms with Gasteiger partial charge in [0.05, 0.1) is 24.0 Å². The van der Waals surface area contributed by atoms with E-state index in [9.17, 15) is 20.7 Å². The number of rotatable bonds is 4. The van der Waals surface area contributed by atoms with Crippen LogP contribution in [-0.4, -0.2) is 10.2 Å². The van der Waals surface area contributed by atoms with Crippen LogP contribution in [0.3, 0.4) is 0 Å². The number of phenolic OH excluding ortho intramolecular Hbond substituents is 2. The summed E-state index contributed by atoms with van der Waals surface area (Å²) in [6.45, 7) is 0. The monoisotopic (exact) mass is 418 g/mol. The first kappa shape index (κ1) is 22.2. The molecule has 4 aromatic carbocycles. The predicted octanol–water partition coefficient (Wildman–Crippen LogP) is 6.10. The summed E-state index contributed by atoms with van der Waals surface area (Å²) in [5.74, 6) is -0.120. The second-order valence-electron chi connectivity index (χ2n) is 7.13. The fourth-order valence-corrected chi connectivity index (χ4v) is 3.31. The number of aromatic hydroxyl groups is 2. The number of nitriles is 2. The number of benzene rings is 4. The van der Waals surface area contributed by atoms with Crippen molar-refractivity contribution in [2.75, 3.05) is 0 Å². The lowest BCUT2D eigenvalue weighted by molar-refractivity contribution is 0.474. The molecule has 0 aliphatic heterocycles. The lowest BCUT2D eigenvalue weighted by atomic mass is 9.93. The Balaban J connectivity index is 0.000000181. The van der Waals surface area contributed by atoms with Gasteiger partial charge in [-0.15, -0.1) is 0 Å². The zero-order valence-electron chi connectivity index (χ0n) is 17.3. The van der Waals surface area contributed by atoms with E-state index in [4.69, 9.17) is 0 Å². The van der Waals surface area contributed by atoms with Gasteiger partial charge < -0.3 is 10.2 Å². The van der Waals surface area contributed by atoms with Crippen LogP contribution in [0.4, 0.5) is 0 Å². The van der Waals surface area contributed by atoms with Crippen LogP contribution in [0, 0.1) is 22.7 Å². The van der Waals surface area contributed by atoms with Crippen LogP contribution in [0.15, 0.2) is 109 Å². The molecule has 156 valence electrons. The molecule has 4 aromatic rings. The summed E-state index contributed by atoms with van der Waals surface area (Å²) in [7, 11) is 0. The van der Waals surface area contributed by atoms with Crippen molar-refractivity contribution in [1.82, 2.24) is 0 Å². The van der Waals surface area contributed by atoms with Crippen molar-refractivity contribution >= 4 is 0 Å². The standard InChI is InChI=1S/2C14H11NO/c2*15-10-14(11-4-2-1-3-5-11)12-6-8-13(16)9-7-12/h2*1-9,14,16H. The molecule has 0 radical (unpaired) electrons. The average molecular weight is 418 g/mol. The molecule has 0 bridgehead atoms. The van der Waals surface area contributed by atoms with Gasteiger partial charge in [0.25, 0.3) is 0 Å². The van der Waals surface area contributed by atoms with Crippen molar-refractivity contribution < 1.29 is 10.2 Å². The van der Waals surface area contributed by atoms with Crippen LogP contribution in [-0.2, 0) is 0 Å². The van der Waals surface area contributed by atoms with Gasteiger partial charge in [-0.05, 0) is 46.5 Å². The molecule has 0 aromatic heterocycles. The Hall–Kier alpha value is -4.54. The number of nitrogens with zero attached hydrogens (tertiary/aromatic N) is 2. The van der Waals surface area contributed by atoms with Crippen molar-refractivity contribution in [3.8, 4) is 23.6 Å². The SMILES string of the molecule is N#CC(c1ccccc1)c1ccc(O)cc1.N#CC(c1ccccc1)c1ccc(O)cc1. The summed E-state index contributed by atoms with van der Waals surface area (Å²) < 4.78 is 0. The number of phenols is 2. The minimum atomic E-state index is -0.276. The number of hydrogen-bond donors (Lipinski definition) is 2. The largest absolute Gasteiger partial charge is 0.508 e. The molecule has 4 nitrogen and oxygen atoms in total. The summed E-state index contributed by atoms with van der Waals surface area (Å²) in [6, 6.07) is 37.3. The Kier molecular flexibility index (Phi) is 7.63. The van der Waals surface area contributed by atoms with E-state index in [2.05, 4.69) is 12.1 Å². The van der Waals surface area contributed by atoms with E-state index in [0.29, 0.717) is 0 Å². The van der Waals surface area contributed by atoms with E-state index in [0.717, 1.165) is 22.3 Å². The predicted molar refractivity (Wildman–Crippen MR) is 124 cm³/mol. The summed E-state index contributed by atoms with van der Waals surface area (Å²) in [5, 5.41) is 36.8. The summed E-state index contributed by atoms with van der Waals surface area (Å²) >= 11 is 0. The molecule has 2 unspecified atom stereocenters. The quantitative estimate of drug-likeness (QED) is 0.419. The Morgan fingerprint density at radius 2 is 0.719 bits per heavy atom. The smallest absolute Gasteiger partial charge is 0.115 e. The van der Waals surface area contributed by atoms with Crippen LogP contribution in [0.1, 0.15) is 34.1 Å². The van der Waals surface area contributed by atoms with Gasteiger partial charge in [-0.3, -0.25) is 0 Å². The lowest BCUT2D eigenvalue weighted by Crippen LogP contribution is -1.97. The molecule has 4 rings (SSSR count). The average Bonchev–Trinajstić information content (AvgIpc) is 2.84. The molecule has 0 saturated carbocycles. The van der Waals surface area contributed by atoms with Crippen LogP contribution < -0.4 is 0 Å². The van der Waals surface area contributed by atoms with Crippen molar-refractivity contribution in [3.05, 3.63) is 131 Å². The van der Waals surface area contributed by atoms with Gasteiger partial charge in [-0.2, -0.15) is 10.5 Å². The van der Waals surface area contributed by atoms with E-state index in [-0.39, 0.29) is 23.3 Å². The number of hydrogen-bond acceptors (Lipinski definition) is 4. The summed E-state index contributed by atoms with van der Waals surface area (Å²) in [5.41, 5.74) is 3.73. The molecule has 0 aliphatic carbocycles. The van der Waals surface area contributed by atoms with Crippen LogP contribution in [0.2, 0.25) is 0 Å². The molecule has 0 saturated heterocycles. The highest BCUT2D eigenvalue weighted by Gasteiger charge is 2.13. The Morgan fingerprint density at radius 1 is 0.438 bits per heavy atom. The maximum absolute atomic E-state index is 9.20. The first-order chi connectivity index (χ1) is 15.6. The van der Waals surface area contributed by atoms with E-state index in [1.165, 1.54) is 0 Å². The highest BCUT2D eigenvalue weighted by atomic mass is 16.3. The molecule has 0 fully saturated rings. The van der Waals surface area contributed by atoms with Crippen LogP contribution in [0.5, 0.6) is 11.5 Å². The second kappa shape index (κ2) is 11.0. The third kappa shape index (κ3) is 5.75. The van der Waals surface area contributed by atoms with Gasteiger partial charge in [0, 0.05) is 0 Å². The molecule has 32 heavy (non-hydrogen) atoms. The minimum Gasteiger partial charge on any atom is -0.508 e. The van der Waals surface area contributed by atoms with Crippen LogP contribution >= 0.6 is 0 Å². The lowest BCUT2D eigenvalue weighted by Gasteiger charge is -2.09. The van der Waals surface area contributed by atoms with E-state index in [1.807, 2.05) is 60.7 Å². The first-order valence-electron chi connectivity index (χ1n) is 10.1. The molecular weight excluding hydrogens is 396 g/mol. The van der Waals surface area contributed by atoms with Gasteiger partial charge in [0.15, 0.2) is 0 Å². The Bertz CT molecular complexity index is 1090. The molecule has 2 N–H and O–H groups in total. The highest BCUT2D eigenvalue weighted by Crippen LogP contribution is 2.26. The minimum absolute atomic E-state index is 0.216. The topological polar surface area (TPSA) is 88.0 Å². The van der Waals surface area contributed by atoms with E-state index in [1.54, 1.807) is 48.5 Å². The Labute approximate surface area is 187 Å². The molecule has 4 heteroatoms. The van der Waals surface area contributed by atoms with Gasteiger partial charge >= 0.3 is 0 Å². The zero-order valence-corrected chi connectivity index (χ0v) is 17.3. The fourth-order valence-electron chi connectivity index (χ4n) is 3.31. The third-order valence-corrected chi connectivity index (χ3v) is 4.98. The zero-order chi connectivity index (χ0) is 22.8. The molecule has 0 spiro atoms. The molecule has 2 atom stereocenters. The van der Waals surface area contributed by atoms with Gasteiger partial charge in [-0.1, -0.05) is 84.9 Å². The van der Waals surface area contributed by atoms with Gasteiger partial charge in [0.1, 0.15) is 11.5 Å². The van der Waals surface area contributed by atoms with Crippen molar-refractivity contribution in [2.24, 2.45) is 0 Å². The van der Waals surface area contributed by atoms with Crippen molar-refractivity contribution in [3.63, 3.8) is 0 Å². The van der Waals surface area contributed by atoms with Gasteiger partial charge in [0.2, 0.25) is 0 Å². The van der Waals surface area contributed by atoms with Crippen molar-refractivity contribution in [2.45, 2.75) is 11.8 Å². The van der Waals surface area contributed by atoms with Crippen molar-refractivity contribution in [1.29, 1.82) is 10.5 Å². The summed E-state index contributed by atoms with van der Waals surface area (Å²) in [6.07, 6.45) is 0. The maximum Gasteiger partial charge on any atom is 0.115 e. The molecular formula is C28H22N2O2. The molecule has 0 amide bonds. The maximum atomic E-state index is 9.20. The normalized spacial score (nSPS) is 11.7. The fraction of sp³-hybridized carbons (Fsp3) is 0.0714.